The summed E-state index contributed by atoms with van der Waals surface area (Å²) in [5.41, 5.74) is 0. The average Bonchev–Trinajstić information content (AvgIpc) is 2.08. The molecular weight excluding hydrogens is 132 g/mol. The molecule has 0 unspecified atom stereocenters. The third kappa shape index (κ3) is 4.60. The van der Waals surface area contributed by atoms with Crippen molar-refractivity contribution in [2.45, 2.75) is 32.1 Å². The SMILES string of the molecule is C1=CCC=CCCCCC=C1. The minimum atomic E-state index is 1.09. The first-order chi connectivity index (χ1) is 5.50. The highest BCUT2D eigenvalue weighted by Crippen LogP contribution is 2.03. The smallest absolute Gasteiger partial charge is 0.0166 e. The van der Waals surface area contributed by atoms with Crippen LogP contribution in [0.1, 0.15) is 32.1 Å². The molecule has 1 aliphatic rings. The van der Waals surface area contributed by atoms with Crippen LogP contribution in [0.5, 0.6) is 0 Å². The third-order valence-corrected chi connectivity index (χ3v) is 1.81. The van der Waals surface area contributed by atoms with Gasteiger partial charge in [-0.25, -0.2) is 0 Å². The Bertz CT molecular complexity index is 161. The molecule has 0 aromatic carbocycles. The van der Waals surface area contributed by atoms with E-state index in [-0.39, 0.29) is 0 Å². The first kappa shape index (κ1) is 8.32. The van der Waals surface area contributed by atoms with Gasteiger partial charge < -0.3 is 0 Å². The fourth-order valence-corrected chi connectivity index (χ4v) is 1.15. The molecule has 0 aliphatic heterocycles. The van der Waals surface area contributed by atoms with Gasteiger partial charge in [0.15, 0.2) is 0 Å². The summed E-state index contributed by atoms with van der Waals surface area (Å²) >= 11 is 0. The van der Waals surface area contributed by atoms with Crippen LogP contribution in [0.25, 0.3) is 0 Å². The summed E-state index contributed by atoms with van der Waals surface area (Å²) in [6, 6.07) is 0. The van der Waals surface area contributed by atoms with Crippen molar-refractivity contribution in [3.63, 3.8) is 0 Å². The molecule has 0 amide bonds. The van der Waals surface area contributed by atoms with E-state index in [2.05, 4.69) is 36.5 Å². The summed E-state index contributed by atoms with van der Waals surface area (Å²) in [4.78, 5) is 0. The van der Waals surface area contributed by atoms with E-state index in [0.29, 0.717) is 0 Å². The second-order valence-corrected chi connectivity index (χ2v) is 2.85. The lowest BCUT2D eigenvalue weighted by atomic mass is 10.2. The summed E-state index contributed by atoms with van der Waals surface area (Å²) in [5, 5.41) is 0. The van der Waals surface area contributed by atoms with Gasteiger partial charge in [-0.05, 0) is 32.1 Å². The van der Waals surface area contributed by atoms with Crippen molar-refractivity contribution in [3.05, 3.63) is 36.5 Å². The van der Waals surface area contributed by atoms with Gasteiger partial charge in [0, 0.05) is 0 Å². The maximum atomic E-state index is 2.29. The Labute approximate surface area is 69.3 Å². The van der Waals surface area contributed by atoms with Gasteiger partial charge in [-0.15, -0.1) is 0 Å². The Kier molecular flexibility index (Phi) is 4.51. The molecular formula is C11H16. The molecule has 0 radical (unpaired) electrons. The first-order valence-electron chi connectivity index (χ1n) is 4.47. The molecule has 1 aliphatic carbocycles. The van der Waals surface area contributed by atoms with Crippen LogP contribution in [0.15, 0.2) is 36.5 Å². The molecule has 11 heavy (non-hydrogen) atoms. The van der Waals surface area contributed by atoms with Gasteiger partial charge in [0.05, 0.1) is 0 Å². The zero-order valence-electron chi connectivity index (χ0n) is 7.00. The number of allylic oxidation sites excluding steroid dienone is 6. The van der Waals surface area contributed by atoms with Crippen LogP contribution in [0.4, 0.5) is 0 Å². The highest BCUT2D eigenvalue weighted by molar-refractivity contribution is 5.05. The standard InChI is InChI=1S/C11H16/c1-2-4-6-8-10-11-9-7-5-3-1/h1-4,7,9H,5-6,8,10-11H2. The molecule has 0 aromatic heterocycles. The molecule has 0 bridgehead atoms. The van der Waals surface area contributed by atoms with Crippen LogP contribution in [-0.4, -0.2) is 0 Å². The Morgan fingerprint density at radius 1 is 0.636 bits per heavy atom. The molecule has 0 spiro atoms. The van der Waals surface area contributed by atoms with Crippen molar-refractivity contribution in [2.24, 2.45) is 0 Å². The van der Waals surface area contributed by atoms with Crippen LogP contribution in [0.2, 0.25) is 0 Å². The number of hydrogen-bond acceptors (Lipinski definition) is 0. The van der Waals surface area contributed by atoms with Crippen LogP contribution >= 0.6 is 0 Å². The maximum absolute atomic E-state index is 2.29. The molecule has 0 atom stereocenters. The minimum Gasteiger partial charge on any atom is -0.0882 e. The molecule has 60 valence electrons. The van der Waals surface area contributed by atoms with Crippen LogP contribution in [0.3, 0.4) is 0 Å². The second kappa shape index (κ2) is 5.96. The van der Waals surface area contributed by atoms with Crippen molar-refractivity contribution < 1.29 is 0 Å². The predicted molar refractivity (Wildman–Crippen MR) is 50.5 cm³/mol. The van der Waals surface area contributed by atoms with Crippen molar-refractivity contribution in [1.82, 2.24) is 0 Å². The third-order valence-electron chi connectivity index (χ3n) is 1.81. The molecule has 0 saturated heterocycles. The second-order valence-electron chi connectivity index (χ2n) is 2.85. The molecule has 0 heteroatoms. The minimum absolute atomic E-state index is 1.09. The lowest BCUT2D eigenvalue weighted by Crippen LogP contribution is -1.71. The van der Waals surface area contributed by atoms with Crippen molar-refractivity contribution >= 4 is 0 Å². The van der Waals surface area contributed by atoms with Gasteiger partial charge in [0.1, 0.15) is 0 Å². The van der Waals surface area contributed by atoms with E-state index in [1.807, 2.05) is 0 Å². The molecule has 0 aromatic rings. The van der Waals surface area contributed by atoms with Gasteiger partial charge in [0.2, 0.25) is 0 Å². The number of hydrogen-bond donors (Lipinski definition) is 0. The Morgan fingerprint density at radius 2 is 1.36 bits per heavy atom. The lowest BCUT2D eigenvalue weighted by molar-refractivity contribution is 0.761. The van der Waals surface area contributed by atoms with Crippen LogP contribution in [-0.2, 0) is 0 Å². The van der Waals surface area contributed by atoms with Crippen molar-refractivity contribution in [2.75, 3.05) is 0 Å². The van der Waals surface area contributed by atoms with E-state index < -0.39 is 0 Å². The highest BCUT2D eigenvalue weighted by Gasteiger charge is 1.83. The molecule has 0 nitrogen and oxygen atoms in total. The Balaban J connectivity index is 2.35. The molecule has 0 N–H and O–H groups in total. The Hall–Kier alpha value is -0.780. The van der Waals surface area contributed by atoms with E-state index in [1.54, 1.807) is 0 Å². The normalized spacial score (nSPS) is 19.6. The summed E-state index contributed by atoms with van der Waals surface area (Å²) in [7, 11) is 0. The number of rotatable bonds is 0. The predicted octanol–water partition coefficient (Wildman–Crippen LogP) is 3.62. The molecule has 1 rings (SSSR count). The molecule has 0 saturated carbocycles. The van der Waals surface area contributed by atoms with Crippen LogP contribution < -0.4 is 0 Å². The zero-order chi connectivity index (χ0) is 7.78. The fourth-order valence-electron chi connectivity index (χ4n) is 1.15. The maximum Gasteiger partial charge on any atom is -0.0166 e. The van der Waals surface area contributed by atoms with Gasteiger partial charge >= 0.3 is 0 Å². The van der Waals surface area contributed by atoms with E-state index in [0.717, 1.165) is 6.42 Å². The summed E-state index contributed by atoms with van der Waals surface area (Å²) in [6.07, 6.45) is 19.5. The van der Waals surface area contributed by atoms with Gasteiger partial charge in [-0.2, -0.15) is 0 Å². The molecule has 0 heterocycles. The summed E-state index contributed by atoms with van der Waals surface area (Å²) in [5.74, 6) is 0. The summed E-state index contributed by atoms with van der Waals surface area (Å²) in [6.45, 7) is 0. The zero-order valence-corrected chi connectivity index (χ0v) is 7.00. The summed E-state index contributed by atoms with van der Waals surface area (Å²) < 4.78 is 0. The van der Waals surface area contributed by atoms with E-state index >= 15 is 0 Å². The van der Waals surface area contributed by atoms with Gasteiger partial charge in [-0.1, -0.05) is 36.5 Å². The highest BCUT2D eigenvalue weighted by atomic mass is 13.9. The van der Waals surface area contributed by atoms with Gasteiger partial charge in [-0.3, -0.25) is 0 Å². The fraction of sp³-hybridized carbons (Fsp3) is 0.455. The van der Waals surface area contributed by atoms with Crippen LogP contribution in [0, 0.1) is 0 Å². The first-order valence-corrected chi connectivity index (χ1v) is 4.47. The van der Waals surface area contributed by atoms with Crippen molar-refractivity contribution in [1.29, 1.82) is 0 Å². The quantitative estimate of drug-likeness (QED) is 0.460. The lowest BCUT2D eigenvalue weighted by Gasteiger charge is -1.90. The molecule has 0 fully saturated rings. The topological polar surface area (TPSA) is 0 Å². The monoisotopic (exact) mass is 148 g/mol. The van der Waals surface area contributed by atoms with E-state index in [1.165, 1.54) is 25.7 Å². The largest absolute Gasteiger partial charge is 0.0882 e. The van der Waals surface area contributed by atoms with E-state index in [4.69, 9.17) is 0 Å². The van der Waals surface area contributed by atoms with E-state index in [9.17, 15) is 0 Å². The average molecular weight is 148 g/mol. The van der Waals surface area contributed by atoms with Gasteiger partial charge in [0.25, 0.3) is 0 Å². The Morgan fingerprint density at radius 3 is 2.27 bits per heavy atom. The van der Waals surface area contributed by atoms with Crippen molar-refractivity contribution in [3.8, 4) is 0 Å².